The Morgan fingerprint density at radius 3 is 2.82 bits per heavy atom. The molecule has 0 radical (unpaired) electrons. The van der Waals surface area contributed by atoms with Gasteiger partial charge in [-0.1, -0.05) is 6.92 Å². The smallest absolute Gasteiger partial charge is 0.325 e. The third-order valence-electron chi connectivity index (χ3n) is 5.96. The van der Waals surface area contributed by atoms with E-state index in [9.17, 15) is 0 Å². The van der Waals surface area contributed by atoms with Gasteiger partial charge in [0, 0.05) is 43.1 Å². The molecule has 0 amide bonds. The number of nitrogens with zero attached hydrogens (tertiary/aromatic N) is 4. The Kier molecular flexibility index (Phi) is 5.46. The van der Waals surface area contributed by atoms with Crippen LogP contribution in [0.2, 0.25) is 0 Å². The van der Waals surface area contributed by atoms with Gasteiger partial charge in [0.25, 0.3) is 0 Å². The fourth-order valence-corrected chi connectivity index (χ4v) is 5.10. The lowest BCUT2D eigenvalue weighted by atomic mass is 10.0. The molecule has 1 aliphatic heterocycles. The van der Waals surface area contributed by atoms with Crippen LogP contribution in [0.1, 0.15) is 42.3 Å². The van der Waals surface area contributed by atoms with E-state index < -0.39 is 0 Å². The molecule has 5 heterocycles. The maximum atomic E-state index is 6.19. The Labute approximate surface area is 199 Å². The fourth-order valence-electron chi connectivity index (χ4n) is 4.12. The average Bonchev–Trinajstić information content (AvgIpc) is 3.65. The lowest BCUT2D eigenvalue weighted by Gasteiger charge is -2.19. The lowest BCUT2D eigenvalue weighted by molar-refractivity contribution is 0.0852. The Morgan fingerprint density at radius 2 is 2.03 bits per heavy atom. The number of furan rings is 1. The molecule has 5 aromatic rings. The Balaban J connectivity index is 1.27. The fraction of sp³-hybridized carbons (Fsp3) is 0.375. The molecule has 0 unspecified atom stereocenters. The van der Waals surface area contributed by atoms with Crippen molar-refractivity contribution in [1.82, 2.24) is 19.6 Å². The third kappa shape index (κ3) is 3.92. The SMILES string of the molecule is CCc1nn2cc(-c3cc4c(OCc5csc(C6CCOCC6)n5)cc(OC)cc4o3)nc2o1. The summed E-state index contributed by atoms with van der Waals surface area (Å²) < 4.78 is 30.5. The van der Waals surface area contributed by atoms with Gasteiger partial charge in [0.2, 0.25) is 5.89 Å². The second-order valence-corrected chi connectivity index (χ2v) is 9.09. The first-order valence-corrected chi connectivity index (χ1v) is 12.2. The summed E-state index contributed by atoms with van der Waals surface area (Å²) in [4.78, 5) is 9.32. The van der Waals surface area contributed by atoms with Gasteiger partial charge in [0.05, 0.1) is 29.4 Å². The molecule has 1 aliphatic rings. The highest BCUT2D eigenvalue weighted by molar-refractivity contribution is 7.09. The van der Waals surface area contributed by atoms with E-state index in [0.717, 1.165) is 42.1 Å². The second kappa shape index (κ2) is 8.77. The van der Waals surface area contributed by atoms with Gasteiger partial charge in [-0.05, 0) is 18.9 Å². The zero-order valence-electron chi connectivity index (χ0n) is 18.9. The second-order valence-electron chi connectivity index (χ2n) is 8.20. The third-order valence-corrected chi connectivity index (χ3v) is 7.02. The normalized spacial score (nSPS) is 14.9. The van der Waals surface area contributed by atoms with Crippen LogP contribution >= 0.6 is 11.3 Å². The van der Waals surface area contributed by atoms with Crippen molar-refractivity contribution < 1.29 is 23.0 Å². The number of fused-ring (bicyclic) bond motifs is 2. The maximum Gasteiger partial charge on any atom is 0.325 e. The zero-order chi connectivity index (χ0) is 23.1. The average molecular weight is 481 g/mol. The first-order valence-electron chi connectivity index (χ1n) is 11.3. The quantitative estimate of drug-likeness (QED) is 0.312. The van der Waals surface area contributed by atoms with E-state index in [2.05, 4.69) is 15.5 Å². The highest BCUT2D eigenvalue weighted by atomic mass is 32.1. The van der Waals surface area contributed by atoms with Crippen LogP contribution in [0.25, 0.3) is 28.3 Å². The van der Waals surface area contributed by atoms with Crippen molar-refractivity contribution in [2.24, 2.45) is 0 Å². The van der Waals surface area contributed by atoms with Crippen molar-refractivity contribution in [2.75, 3.05) is 20.3 Å². The molecule has 1 fully saturated rings. The van der Waals surface area contributed by atoms with Crippen LogP contribution in [0.15, 0.2) is 38.6 Å². The number of aryl methyl sites for hydroxylation is 1. The minimum Gasteiger partial charge on any atom is -0.496 e. The predicted molar refractivity (Wildman–Crippen MR) is 126 cm³/mol. The minimum absolute atomic E-state index is 0.365. The van der Waals surface area contributed by atoms with E-state index >= 15 is 0 Å². The van der Waals surface area contributed by atoms with Crippen LogP contribution in [0.4, 0.5) is 0 Å². The number of aromatic nitrogens is 4. The first-order chi connectivity index (χ1) is 16.7. The van der Waals surface area contributed by atoms with Crippen molar-refractivity contribution in [3.8, 4) is 23.0 Å². The molecule has 0 atom stereocenters. The minimum atomic E-state index is 0.365. The molecular weight excluding hydrogens is 456 g/mol. The van der Waals surface area contributed by atoms with Gasteiger partial charge in [0.1, 0.15) is 29.4 Å². The molecule has 0 spiro atoms. The Bertz CT molecular complexity index is 1410. The van der Waals surface area contributed by atoms with Crippen molar-refractivity contribution in [3.05, 3.63) is 46.4 Å². The predicted octanol–water partition coefficient (Wildman–Crippen LogP) is 5.24. The maximum absolute atomic E-state index is 6.19. The standard InChI is InChI=1S/C24H24N4O5S/c1-3-22-27-28-11-18(26-24(28)33-22)21-10-17-19(8-16(29-2)9-20(17)32-21)31-12-15-13-34-23(25-15)14-4-6-30-7-5-14/h8-11,13-14H,3-7,12H2,1-2H3. The number of methoxy groups -OCH3 is 1. The number of thiazole rings is 1. The van der Waals surface area contributed by atoms with E-state index in [0.29, 0.717) is 59.2 Å². The highest BCUT2D eigenvalue weighted by Gasteiger charge is 2.20. The van der Waals surface area contributed by atoms with Crippen LogP contribution in [-0.2, 0) is 17.8 Å². The molecule has 1 aromatic carbocycles. The molecule has 0 aliphatic carbocycles. The number of ether oxygens (including phenoxy) is 3. The van der Waals surface area contributed by atoms with Gasteiger partial charge in [-0.15, -0.1) is 16.4 Å². The molecular formula is C24H24N4O5S. The van der Waals surface area contributed by atoms with Crippen molar-refractivity contribution >= 4 is 28.2 Å². The first kappa shape index (κ1) is 21.2. The summed E-state index contributed by atoms with van der Waals surface area (Å²) in [5.74, 6) is 3.47. The van der Waals surface area contributed by atoms with Crippen LogP contribution in [-0.4, -0.2) is 39.9 Å². The van der Waals surface area contributed by atoms with Crippen molar-refractivity contribution in [3.63, 3.8) is 0 Å². The zero-order valence-corrected chi connectivity index (χ0v) is 19.8. The summed E-state index contributed by atoms with van der Waals surface area (Å²) >= 11 is 1.69. The van der Waals surface area contributed by atoms with Crippen LogP contribution < -0.4 is 9.47 Å². The number of rotatable bonds is 7. The molecule has 0 N–H and O–H groups in total. The summed E-state index contributed by atoms with van der Waals surface area (Å²) in [7, 11) is 1.62. The van der Waals surface area contributed by atoms with Gasteiger partial charge in [-0.2, -0.15) is 9.50 Å². The Morgan fingerprint density at radius 1 is 1.15 bits per heavy atom. The molecule has 0 saturated carbocycles. The van der Waals surface area contributed by atoms with Gasteiger partial charge < -0.3 is 23.0 Å². The number of benzene rings is 1. The van der Waals surface area contributed by atoms with E-state index in [1.165, 1.54) is 0 Å². The van der Waals surface area contributed by atoms with Crippen molar-refractivity contribution in [1.29, 1.82) is 0 Å². The monoisotopic (exact) mass is 480 g/mol. The Hall–Kier alpha value is -3.37. The number of hydrogen-bond donors (Lipinski definition) is 0. The summed E-state index contributed by atoms with van der Waals surface area (Å²) in [6, 6.07) is 5.62. The largest absolute Gasteiger partial charge is 0.496 e. The molecule has 176 valence electrons. The van der Waals surface area contributed by atoms with E-state index in [4.69, 9.17) is 28.0 Å². The van der Waals surface area contributed by atoms with Gasteiger partial charge in [-0.3, -0.25) is 0 Å². The van der Waals surface area contributed by atoms with E-state index in [1.807, 2.05) is 25.1 Å². The lowest BCUT2D eigenvalue weighted by Crippen LogP contribution is -2.14. The van der Waals surface area contributed by atoms with Gasteiger partial charge in [0.15, 0.2) is 5.76 Å². The summed E-state index contributed by atoms with van der Waals surface area (Å²) in [5, 5.41) is 8.43. The summed E-state index contributed by atoms with van der Waals surface area (Å²) in [5.41, 5.74) is 2.20. The molecule has 4 aromatic heterocycles. The number of hydrogen-bond acceptors (Lipinski definition) is 9. The van der Waals surface area contributed by atoms with Gasteiger partial charge in [-0.25, -0.2) is 4.98 Å². The summed E-state index contributed by atoms with van der Waals surface area (Å²) in [6.45, 7) is 3.96. The molecule has 9 nitrogen and oxygen atoms in total. The highest BCUT2D eigenvalue weighted by Crippen LogP contribution is 2.37. The molecule has 10 heteroatoms. The topological polar surface area (TPSA) is 97.1 Å². The van der Waals surface area contributed by atoms with E-state index in [1.54, 1.807) is 29.2 Å². The van der Waals surface area contributed by atoms with Gasteiger partial charge >= 0.3 is 5.84 Å². The summed E-state index contributed by atoms with van der Waals surface area (Å²) in [6.07, 6.45) is 4.55. The molecule has 6 rings (SSSR count). The van der Waals surface area contributed by atoms with Crippen LogP contribution in [0, 0.1) is 0 Å². The molecule has 1 saturated heterocycles. The number of imidazole rings is 1. The van der Waals surface area contributed by atoms with Crippen LogP contribution in [0.3, 0.4) is 0 Å². The van der Waals surface area contributed by atoms with E-state index in [-0.39, 0.29) is 0 Å². The van der Waals surface area contributed by atoms with Crippen LogP contribution in [0.5, 0.6) is 11.5 Å². The molecule has 0 bridgehead atoms. The molecule has 34 heavy (non-hydrogen) atoms. The van der Waals surface area contributed by atoms with Crippen molar-refractivity contribution in [2.45, 2.75) is 38.7 Å².